The second-order valence-corrected chi connectivity index (χ2v) is 8.94. The fourth-order valence-corrected chi connectivity index (χ4v) is 4.92. The maximum Gasteiger partial charge on any atom is 0.295 e. The van der Waals surface area contributed by atoms with Crippen LogP contribution in [0.5, 0.6) is 0 Å². The number of pyridine rings is 1. The van der Waals surface area contributed by atoms with Crippen LogP contribution in [-0.4, -0.2) is 62.2 Å². The third-order valence-electron chi connectivity index (χ3n) is 6.94. The number of hydrogen-bond donors (Lipinski definition) is 1. The number of aliphatic hydroxyl groups is 1. The van der Waals surface area contributed by atoms with Gasteiger partial charge in [0.1, 0.15) is 11.3 Å². The lowest BCUT2D eigenvalue weighted by Crippen LogP contribution is -2.33. The van der Waals surface area contributed by atoms with Crippen LogP contribution < -0.4 is 0 Å². The van der Waals surface area contributed by atoms with E-state index >= 15 is 0 Å². The molecule has 2 aromatic heterocycles. The largest absolute Gasteiger partial charge is 0.505 e. The van der Waals surface area contributed by atoms with Crippen molar-refractivity contribution >= 4 is 23.1 Å². The SMILES string of the molecule is CCc1ccc(C2C(=C(O)c3c(C)nc4ccccn34)C(=O)C(=O)N2CCCN(CC)CC)cc1. The summed E-state index contributed by atoms with van der Waals surface area (Å²) in [6, 6.07) is 12.9. The molecule has 3 heterocycles. The second-order valence-electron chi connectivity index (χ2n) is 8.94. The zero-order valence-corrected chi connectivity index (χ0v) is 21.0. The molecule has 1 amide bonds. The molecule has 3 aromatic rings. The maximum absolute atomic E-state index is 13.4. The molecule has 0 aliphatic carbocycles. The highest BCUT2D eigenvalue weighted by Crippen LogP contribution is 2.40. The van der Waals surface area contributed by atoms with Crippen LogP contribution in [0, 0.1) is 6.92 Å². The molecule has 0 radical (unpaired) electrons. The van der Waals surface area contributed by atoms with Gasteiger partial charge >= 0.3 is 0 Å². The average Bonchev–Trinajstić information content (AvgIpc) is 3.34. The molecule has 0 spiro atoms. The van der Waals surface area contributed by atoms with E-state index in [2.05, 4.69) is 30.7 Å². The molecule has 184 valence electrons. The summed E-state index contributed by atoms with van der Waals surface area (Å²) >= 11 is 0. The highest BCUT2D eigenvalue weighted by Gasteiger charge is 2.46. The molecule has 1 aromatic carbocycles. The molecule has 35 heavy (non-hydrogen) atoms. The average molecular weight is 475 g/mol. The lowest BCUT2D eigenvalue weighted by molar-refractivity contribution is -0.140. The van der Waals surface area contributed by atoms with Gasteiger partial charge in [0, 0.05) is 12.7 Å². The van der Waals surface area contributed by atoms with Crippen molar-refractivity contribution < 1.29 is 14.7 Å². The van der Waals surface area contributed by atoms with Gasteiger partial charge in [-0.25, -0.2) is 4.98 Å². The van der Waals surface area contributed by atoms with Crippen LogP contribution in [0.3, 0.4) is 0 Å². The van der Waals surface area contributed by atoms with Gasteiger partial charge in [-0.3, -0.25) is 14.0 Å². The number of fused-ring (bicyclic) bond motifs is 1. The molecule has 1 unspecified atom stereocenters. The minimum absolute atomic E-state index is 0.121. The van der Waals surface area contributed by atoms with Crippen LogP contribution >= 0.6 is 0 Å². The van der Waals surface area contributed by atoms with Gasteiger partial charge in [-0.1, -0.05) is 51.1 Å². The summed E-state index contributed by atoms with van der Waals surface area (Å²) in [6.07, 6.45) is 3.44. The molecule has 1 saturated heterocycles. The number of ketones is 1. The van der Waals surface area contributed by atoms with Crippen molar-refractivity contribution in [2.45, 2.75) is 46.6 Å². The number of amides is 1. The van der Waals surface area contributed by atoms with Gasteiger partial charge in [0.05, 0.1) is 17.3 Å². The van der Waals surface area contributed by atoms with E-state index in [4.69, 9.17) is 0 Å². The van der Waals surface area contributed by atoms with Gasteiger partial charge in [-0.05, 0) is 62.7 Å². The van der Waals surface area contributed by atoms with E-state index in [1.807, 2.05) is 42.5 Å². The minimum atomic E-state index is -0.653. The normalized spacial score (nSPS) is 17.7. The Morgan fingerprint density at radius 2 is 1.77 bits per heavy atom. The molecule has 1 atom stereocenters. The summed E-state index contributed by atoms with van der Waals surface area (Å²) in [6.45, 7) is 11.3. The van der Waals surface area contributed by atoms with Gasteiger partial charge in [-0.2, -0.15) is 0 Å². The van der Waals surface area contributed by atoms with Gasteiger partial charge in [-0.15, -0.1) is 0 Å². The zero-order chi connectivity index (χ0) is 25.1. The van der Waals surface area contributed by atoms with Crippen molar-refractivity contribution in [3.8, 4) is 0 Å². The molecule has 0 saturated carbocycles. The van der Waals surface area contributed by atoms with Gasteiger partial charge in [0.2, 0.25) is 0 Å². The molecule has 7 heteroatoms. The third-order valence-corrected chi connectivity index (χ3v) is 6.94. The van der Waals surface area contributed by atoms with Crippen molar-refractivity contribution in [1.29, 1.82) is 0 Å². The number of aromatic nitrogens is 2. The summed E-state index contributed by atoms with van der Waals surface area (Å²) in [5.74, 6) is -1.40. The summed E-state index contributed by atoms with van der Waals surface area (Å²) < 4.78 is 1.76. The third kappa shape index (κ3) is 4.60. The Balaban J connectivity index is 1.81. The highest BCUT2D eigenvalue weighted by atomic mass is 16.3. The number of imidazole rings is 1. The molecule has 0 bridgehead atoms. The van der Waals surface area contributed by atoms with E-state index in [1.165, 1.54) is 5.56 Å². The topological polar surface area (TPSA) is 78.1 Å². The van der Waals surface area contributed by atoms with Crippen molar-refractivity contribution in [3.63, 3.8) is 0 Å². The Morgan fingerprint density at radius 3 is 2.43 bits per heavy atom. The Labute approximate surface area is 206 Å². The van der Waals surface area contributed by atoms with E-state index in [0.717, 1.165) is 38.0 Å². The van der Waals surface area contributed by atoms with Crippen molar-refractivity contribution in [1.82, 2.24) is 19.2 Å². The molecule has 1 fully saturated rings. The number of carbonyl (C=O) groups excluding carboxylic acids is 2. The fourth-order valence-electron chi connectivity index (χ4n) is 4.92. The molecule has 1 aliphatic rings. The number of likely N-dealkylation sites (tertiary alicyclic amines) is 1. The summed E-state index contributed by atoms with van der Waals surface area (Å²) in [4.78, 5) is 35.1. The quantitative estimate of drug-likeness (QED) is 0.283. The molecular formula is C28H34N4O3. The predicted octanol–water partition coefficient (Wildman–Crippen LogP) is 4.36. The maximum atomic E-state index is 13.4. The lowest BCUT2D eigenvalue weighted by Gasteiger charge is -2.27. The van der Waals surface area contributed by atoms with Crippen LogP contribution in [0.4, 0.5) is 0 Å². The molecule has 1 aliphatic heterocycles. The van der Waals surface area contributed by atoms with E-state index in [0.29, 0.717) is 23.6 Å². The van der Waals surface area contributed by atoms with Gasteiger partial charge in [0.15, 0.2) is 5.76 Å². The monoisotopic (exact) mass is 474 g/mol. The number of rotatable bonds is 9. The number of Topliss-reactive ketones (excluding diaryl/α,β-unsaturated/α-hetero) is 1. The van der Waals surface area contributed by atoms with Crippen molar-refractivity contribution in [2.24, 2.45) is 0 Å². The fraction of sp³-hybridized carbons (Fsp3) is 0.393. The van der Waals surface area contributed by atoms with Gasteiger partial charge in [0.25, 0.3) is 11.7 Å². The summed E-state index contributed by atoms with van der Waals surface area (Å²) in [5, 5.41) is 11.5. The van der Waals surface area contributed by atoms with Crippen molar-refractivity contribution in [2.75, 3.05) is 26.2 Å². The van der Waals surface area contributed by atoms with E-state index in [1.54, 1.807) is 22.4 Å². The number of carbonyl (C=O) groups is 2. The Kier molecular flexibility index (Phi) is 7.36. The summed E-state index contributed by atoms with van der Waals surface area (Å²) in [5.41, 5.74) is 3.82. The Hall–Kier alpha value is -3.45. The molecule has 4 rings (SSSR count). The summed E-state index contributed by atoms with van der Waals surface area (Å²) in [7, 11) is 0. The molecule has 7 nitrogen and oxygen atoms in total. The predicted molar refractivity (Wildman–Crippen MR) is 137 cm³/mol. The molecular weight excluding hydrogens is 440 g/mol. The lowest BCUT2D eigenvalue weighted by atomic mass is 9.95. The first-order valence-corrected chi connectivity index (χ1v) is 12.4. The van der Waals surface area contributed by atoms with Crippen LogP contribution in [0.2, 0.25) is 0 Å². The number of nitrogens with zero attached hydrogens (tertiary/aromatic N) is 4. The number of benzene rings is 1. The van der Waals surface area contributed by atoms with Crippen molar-refractivity contribution in [3.05, 3.63) is 76.7 Å². The Bertz CT molecular complexity index is 1250. The number of aliphatic hydroxyl groups excluding tert-OH is 1. The van der Waals surface area contributed by atoms with Crippen LogP contribution in [0.1, 0.15) is 55.7 Å². The van der Waals surface area contributed by atoms with E-state index < -0.39 is 17.7 Å². The number of hydrogen-bond acceptors (Lipinski definition) is 5. The Morgan fingerprint density at radius 1 is 1.06 bits per heavy atom. The minimum Gasteiger partial charge on any atom is -0.505 e. The number of aryl methyl sites for hydroxylation is 2. The van der Waals surface area contributed by atoms with Crippen LogP contribution in [0.25, 0.3) is 11.4 Å². The first-order valence-electron chi connectivity index (χ1n) is 12.4. The smallest absolute Gasteiger partial charge is 0.295 e. The first kappa shape index (κ1) is 24.7. The van der Waals surface area contributed by atoms with Gasteiger partial charge < -0.3 is 14.9 Å². The second kappa shape index (κ2) is 10.4. The standard InChI is InChI=1S/C28H34N4O3/c1-5-20-12-14-21(15-13-20)25-23(26(33)24-19(4)29-22-11-8-9-17-31(22)24)27(34)28(35)32(25)18-10-16-30(6-2)7-3/h8-9,11-15,17,25,33H,5-7,10,16,18H2,1-4H3. The molecule has 1 N–H and O–H groups in total. The van der Waals surface area contributed by atoms with E-state index in [9.17, 15) is 14.7 Å². The highest BCUT2D eigenvalue weighted by molar-refractivity contribution is 6.46. The van der Waals surface area contributed by atoms with E-state index in [-0.39, 0.29) is 11.3 Å². The van der Waals surface area contributed by atoms with Crippen LogP contribution in [0.15, 0.2) is 54.2 Å². The zero-order valence-electron chi connectivity index (χ0n) is 21.0. The van der Waals surface area contributed by atoms with Crippen LogP contribution in [-0.2, 0) is 16.0 Å². The first-order chi connectivity index (χ1) is 16.9.